The van der Waals surface area contributed by atoms with Gasteiger partial charge in [-0.2, -0.15) is 13.2 Å². The topological polar surface area (TPSA) is 77.8 Å². The fraction of sp³-hybridized carbons (Fsp3) is 0.409. The molecule has 33 heavy (non-hydrogen) atoms. The fourth-order valence-corrected chi connectivity index (χ4v) is 5.05. The molecule has 1 saturated carbocycles. The van der Waals surface area contributed by atoms with Gasteiger partial charge < -0.3 is 19.2 Å². The predicted octanol–water partition coefficient (Wildman–Crippen LogP) is 4.87. The maximum atomic E-state index is 13.0. The number of carbonyl (C=O) groups is 1. The summed E-state index contributed by atoms with van der Waals surface area (Å²) in [6.45, 7) is 4.66. The molecule has 6 rings (SSSR count). The Labute approximate surface area is 191 Å². The first-order valence-electron chi connectivity index (χ1n) is 10.4. The zero-order valence-corrected chi connectivity index (χ0v) is 18.5. The predicted molar refractivity (Wildman–Crippen MR) is 114 cm³/mol. The number of halogens is 4. The van der Waals surface area contributed by atoms with Crippen LogP contribution in [0.2, 0.25) is 5.02 Å². The normalized spacial score (nSPS) is 24.1. The molecule has 1 amide bonds. The minimum Gasteiger partial charge on any atom is -0.490 e. The van der Waals surface area contributed by atoms with E-state index < -0.39 is 17.8 Å². The van der Waals surface area contributed by atoms with Crippen molar-refractivity contribution in [1.29, 1.82) is 0 Å². The van der Waals surface area contributed by atoms with Crippen molar-refractivity contribution in [2.24, 2.45) is 0 Å². The Balaban J connectivity index is 1.51. The number of nitrogens with zero attached hydrogens (tertiary/aromatic N) is 3. The van der Waals surface area contributed by atoms with Crippen molar-refractivity contribution in [3.63, 3.8) is 0 Å². The summed E-state index contributed by atoms with van der Waals surface area (Å²) in [5.41, 5.74) is -0.329. The van der Waals surface area contributed by atoms with Gasteiger partial charge in [-0.25, -0.2) is 9.97 Å². The van der Waals surface area contributed by atoms with Crippen LogP contribution in [0.4, 0.5) is 18.9 Å². The molecule has 2 aliphatic heterocycles. The van der Waals surface area contributed by atoms with Crippen LogP contribution in [0.25, 0.3) is 5.65 Å². The molecule has 1 aliphatic carbocycles. The summed E-state index contributed by atoms with van der Waals surface area (Å²) in [6, 6.07) is 3.13. The molecule has 0 atom stereocenters. The molecule has 0 radical (unpaired) electrons. The smallest absolute Gasteiger partial charge is 0.433 e. The van der Waals surface area contributed by atoms with Gasteiger partial charge in [0.15, 0.2) is 11.4 Å². The third-order valence-corrected chi connectivity index (χ3v) is 6.46. The van der Waals surface area contributed by atoms with Crippen LogP contribution in [0.3, 0.4) is 0 Å². The Morgan fingerprint density at radius 2 is 2.06 bits per heavy atom. The maximum absolute atomic E-state index is 13.0. The minimum absolute atomic E-state index is 0.118. The molecule has 3 aromatic rings. The average molecular weight is 481 g/mol. The number of imidazole rings is 1. The van der Waals surface area contributed by atoms with Gasteiger partial charge in [-0.05, 0) is 38.8 Å². The molecule has 0 unspecified atom stereocenters. The molecule has 0 spiro atoms. The lowest BCUT2D eigenvalue weighted by molar-refractivity contribution is -0.141. The Kier molecular flexibility index (Phi) is 4.88. The second-order valence-electron chi connectivity index (χ2n) is 8.71. The number of fused-ring (bicyclic) bond motifs is 2. The lowest BCUT2D eigenvalue weighted by atomic mass is 9.62. The van der Waals surface area contributed by atoms with Gasteiger partial charge in [-0.15, -0.1) is 0 Å². The standard InChI is InChI=1S/C22H20ClF3N4O3/c1-3-32-17-13(28-19(31)12-5-4-6-14(27-12)22(24,25)26)7-30-8-15(29-18(30)16(17)23)21-9-20(2,10-21)33-11-21/h4-8H,3,9-11H2,1-2H3,(H,28,31). The molecule has 0 aromatic carbocycles. The van der Waals surface area contributed by atoms with Gasteiger partial charge >= 0.3 is 6.18 Å². The maximum Gasteiger partial charge on any atom is 0.433 e. The second kappa shape index (κ2) is 7.33. The number of nitrogens with one attached hydrogen (secondary N) is 1. The van der Waals surface area contributed by atoms with Crippen molar-refractivity contribution in [3.05, 3.63) is 52.7 Å². The highest BCUT2D eigenvalue weighted by atomic mass is 35.5. The number of carbonyl (C=O) groups excluding carboxylic acids is 1. The molecule has 1 N–H and O–H groups in total. The summed E-state index contributed by atoms with van der Waals surface area (Å²) < 4.78 is 52.2. The Hall–Kier alpha value is -2.85. The molecular weight excluding hydrogens is 461 g/mol. The Morgan fingerprint density at radius 3 is 2.70 bits per heavy atom. The van der Waals surface area contributed by atoms with Gasteiger partial charge in [-0.3, -0.25) is 4.79 Å². The van der Waals surface area contributed by atoms with Crippen molar-refractivity contribution in [1.82, 2.24) is 14.4 Å². The van der Waals surface area contributed by atoms with E-state index in [1.165, 1.54) is 6.07 Å². The molecule has 7 nitrogen and oxygen atoms in total. The highest BCUT2D eigenvalue weighted by Crippen LogP contribution is 2.58. The van der Waals surface area contributed by atoms with Crippen molar-refractivity contribution in [2.45, 2.75) is 43.9 Å². The highest BCUT2D eigenvalue weighted by Gasteiger charge is 2.61. The zero-order valence-electron chi connectivity index (χ0n) is 17.8. The summed E-state index contributed by atoms with van der Waals surface area (Å²) in [6.07, 6.45) is 0.486. The van der Waals surface area contributed by atoms with Gasteiger partial charge in [0.1, 0.15) is 22.1 Å². The number of pyridine rings is 2. The summed E-state index contributed by atoms with van der Waals surface area (Å²) in [7, 11) is 0. The number of anilines is 1. The van der Waals surface area contributed by atoms with Crippen LogP contribution >= 0.6 is 11.6 Å². The second-order valence-corrected chi connectivity index (χ2v) is 9.09. The first kappa shape index (κ1) is 22.0. The number of alkyl halides is 3. The van der Waals surface area contributed by atoms with Crippen LogP contribution in [0, 0.1) is 0 Å². The number of aromatic nitrogens is 3. The Morgan fingerprint density at radius 1 is 1.30 bits per heavy atom. The molecule has 5 heterocycles. The number of hydrogen-bond donors (Lipinski definition) is 1. The van der Waals surface area contributed by atoms with Gasteiger partial charge in [0.05, 0.1) is 24.5 Å². The molecule has 11 heteroatoms. The van der Waals surface area contributed by atoms with E-state index in [0.717, 1.165) is 30.7 Å². The summed E-state index contributed by atoms with van der Waals surface area (Å²) in [4.78, 5) is 20.9. The fourth-order valence-electron chi connectivity index (χ4n) is 4.76. The SMILES string of the molecule is CCOc1c(NC(=O)c2cccc(C(F)(F)F)n2)cn2cc(C34COC(C)(C3)C4)nc2c1Cl. The van der Waals surface area contributed by atoms with E-state index in [1.54, 1.807) is 17.5 Å². The van der Waals surface area contributed by atoms with Crippen molar-refractivity contribution >= 4 is 28.8 Å². The summed E-state index contributed by atoms with van der Waals surface area (Å²) in [5.74, 6) is -0.641. The van der Waals surface area contributed by atoms with Crippen molar-refractivity contribution in [2.75, 3.05) is 18.5 Å². The molecule has 3 aromatic heterocycles. The van der Waals surface area contributed by atoms with E-state index >= 15 is 0 Å². The molecule has 2 saturated heterocycles. The first-order valence-corrected chi connectivity index (χ1v) is 10.8. The van der Waals surface area contributed by atoms with E-state index in [2.05, 4.69) is 17.2 Å². The van der Waals surface area contributed by atoms with Crippen LogP contribution in [0.1, 0.15) is 48.6 Å². The third-order valence-electron chi connectivity index (χ3n) is 6.11. The van der Waals surface area contributed by atoms with Crippen molar-refractivity contribution < 1.29 is 27.4 Å². The van der Waals surface area contributed by atoms with E-state index in [9.17, 15) is 18.0 Å². The Bertz CT molecular complexity index is 1270. The van der Waals surface area contributed by atoms with Gasteiger partial charge in [0.2, 0.25) is 0 Å². The number of rotatable bonds is 5. The zero-order chi connectivity index (χ0) is 23.6. The quantitative estimate of drug-likeness (QED) is 0.563. The number of ether oxygens (including phenoxy) is 2. The van der Waals surface area contributed by atoms with Gasteiger partial charge in [-0.1, -0.05) is 17.7 Å². The molecule has 3 aliphatic rings. The number of hydrogen-bond acceptors (Lipinski definition) is 5. The molecule has 3 fully saturated rings. The number of amides is 1. The van der Waals surface area contributed by atoms with E-state index in [-0.39, 0.29) is 39.8 Å². The minimum atomic E-state index is -4.66. The molecular formula is C22H20ClF3N4O3. The largest absolute Gasteiger partial charge is 0.490 e. The lowest BCUT2D eigenvalue weighted by Crippen LogP contribution is -2.45. The van der Waals surface area contributed by atoms with Crippen LogP contribution in [-0.2, 0) is 16.3 Å². The van der Waals surface area contributed by atoms with Gasteiger partial charge in [0.25, 0.3) is 5.91 Å². The van der Waals surface area contributed by atoms with Crippen LogP contribution in [-0.4, -0.2) is 39.1 Å². The van der Waals surface area contributed by atoms with Crippen molar-refractivity contribution in [3.8, 4) is 5.75 Å². The summed E-state index contributed by atoms with van der Waals surface area (Å²) >= 11 is 6.59. The lowest BCUT2D eigenvalue weighted by Gasteiger charge is -2.41. The molecule has 174 valence electrons. The van der Waals surface area contributed by atoms with E-state index in [1.807, 2.05) is 6.20 Å². The van der Waals surface area contributed by atoms with Crippen LogP contribution in [0.15, 0.2) is 30.6 Å². The monoisotopic (exact) mass is 480 g/mol. The van der Waals surface area contributed by atoms with Crippen LogP contribution in [0.5, 0.6) is 5.75 Å². The van der Waals surface area contributed by atoms with Gasteiger partial charge in [0, 0.05) is 17.8 Å². The van der Waals surface area contributed by atoms with Crippen LogP contribution < -0.4 is 10.1 Å². The van der Waals surface area contributed by atoms with E-state index in [4.69, 9.17) is 26.1 Å². The highest BCUT2D eigenvalue weighted by molar-refractivity contribution is 6.35. The first-order chi connectivity index (χ1) is 15.5. The average Bonchev–Trinajstić information content (AvgIpc) is 3.41. The summed E-state index contributed by atoms with van der Waals surface area (Å²) in [5, 5.41) is 2.77. The third kappa shape index (κ3) is 3.61. The van der Waals surface area contributed by atoms with E-state index in [0.29, 0.717) is 12.3 Å². The molecule has 2 bridgehead atoms.